The lowest BCUT2D eigenvalue weighted by Gasteiger charge is -1.98. The first-order valence-electron chi connectivity index (χ1n) is 3.59. The summed E-state index contributed by atoms with van der Waals surface area (Å²) in [5.41, 5.74) is -0.0394. The molecule has 0 saturated heterocycles. The largest absolute Gasteiger partial charge is 0.507 e. The zero-order valence-electron chi connectivity index (χ0n) is 6.45. The minimum absolute atomic E-state index is 0.0573. The van der Waals surface area contributed by atoms with Crippen molar-refractivity contribution >= 4 is 26.9 Å². The molecule has 2 rings (SSSR count). The molecule has 1 N–H and O–H groups in total. The molecule has 0 fully saturated rings. The van der Waals surface area contributed by atoms with Crippen molar-refractivity contribution in [2.24, 2.45) is 0 Å². The maximum absolute atomic E-state index is 10.8. The van der Waals surface area contributed by atoms with E-state index >= 15 is 0 Å². The van der Waals surface area contributed by atoms with Gasteiger partial charge < -0.3 is 9.52 Å². The molecule has 3 nitrogen and oxygen atoms in total. The summed E-state index contributed by atoms with van der Waals surface area (Å²) in [5.74, 6) is 0.0573. The van der Waals surface area contributed by atoms with Crippen molar-refractivity contribution in [3.05, 3.63) is 39.2 Å². The summed E-state index contributed by atoms with van der Waals surface area (Å²) in [7, 11) is 0. The SMILES string of the molecule is O=c1ccc2cc(Br)c(O)cc2o1. The maximum atomic E-state index is 10.8. The molecule has 0 aliphatic rings. The number of rotatable bonds is 0. The van der Waals surface area contributed by atoms with Gasteiger partial charge in [-0.05, 0) is 28.1 Å². The number of phenolic OH excluding ortho intramolecular Hbond substituents is 1. The molecule has 0 radical (unpaired) electrons. The summed E-state index contributed by atoms with van der Waals surface area (Å²) in [4.78, 5) is 10.8. The van der Waals surface area contributed by atoms with E-state index < -0.39 is 5.63 Å². The van der Waals surface area contributed by atoms with Gasteiger partial charge in [0.15, 0.2) is 0 Å². The molecule has 0 saturated carbocycles. The molecule has 1 aromatic heterocycles. The highest BCUT2D eigenvalue weighted by atomic mass is 79.9. The molecule has 0 aliphatic heterocycles. The van der Waals surface area contributed by atoms with Gasteiger partial charge in [-0.15, -0.1) is 0 Å². The number of fused-ring (bicyclic) bond motifs is 1. The predicted octanol–water partition coefficient (Wildman–Crippen LogP) is 2.26. The Labute approximate surface area is 81.7 Å². The number of phenols is 1. The topological polar surface area (TPSA) is 50.4 Å². The molecule has 2 aromatic rings. The van der Waals surface area contributed by atoms with Crippen LogP contribution in [0.4, 0.5) is 0 Å². The normalized spacial score (nSPS) is 10.5. The van der Waals surface area contributed by atoms with Crippen LogP contribution in [-0.4, -0.2) is 5.11 Å². The lowest BCUT2D eigenvalue weighted by Crippen LogP contribution is -1.93. The van der Waals surface area contributed by atoms with E-state index in [9.17, 15) is 9.90 Å². The van der Waals surface area contributed by atoms with E-state index in [1.54, 1.807) is 12.1 Å². The minimum atomic E-state index is -0.422. The van der Waals surface area contributed by atoms with E-state index in [4.69, 9.17) is 4.42 Å². The molecule has 66 valence electrons. The van der Waals surface area contributed by atoms with Gasteiger partial charge in [-0.1, -0.05) is 0 Å². The van der Waals surface area contributed by atoms with E-state index in [-0.39, 0.29) is 5.75 Å². The van der Waals surface area contributed by atoms with Crippen LogP contribution >= 0.6 is 15.9 Å². The number of hydrogen-bond donors (Lipinski definition) is 1. The molecule has 13 heavy (non-hydrogen) atoms. The lowest BCUT2D eigenvalue weighted by atomic mass is 10.2. The Morgan fingerprint density at radius 3 is 2.85 bits per heavy atom. The Bertz CT molecular complexity index is 516. The summed E-state index contributed by atoms with van der Waals surface area (Å²) in [6.07, 6.45) is 0. The molecule has 0 amide bonds. The molecule has 0 spiro atoms. The fourth-order valence-corrected chi connectivity index (χ4v) is 1.44. The van der Waals surface area contributed by atoms with Gasteiger partial charge in [0.1, 0.15) is 11.3 Å². The fraction of sp³-hybridized carbons (Fsp3) is 0. The first-order chi connectivity index (χ1) is 6.16. The predicted molar refractivity (Wildman–Crippen MR) is 51.8 cm³/mol. The van der Waals surface area contributed by atoms with Gasteiger partial charge in [0.05, 0.1) is 4.47 Å². The zero-order valence-corrected chi connectivity index (χ0v) is 8.04. The van der Waals surface area contributed by atoms with Gasteiger partial charge in [0, 0.05) is 17.5 Å². The number of hydrogen-bond acceptors (Lipinski definition) is 3. The molecule has 1 heterocycles. The van der Waals surface area contributed by atoms with E-state index in [2.05, 4.69) is 15.9 Å². The first-order valence-corrected chi connectivity index (χ1v) is 4.38. The first kappa shape index (κ1) is 8.31. The van der Waals surface area contributed by atoms with Crippen molar-refractivity contribution in [2.75, 3.05) is 0 Å². The highest BCUT2D eigenvalue weighted by Gasteiger charge is 2.02. The van der Waals surface area contributed by atoms with Crippen LogP contribution in [0.5, 0.6) is 5.75 Å². The van der Waals surface area contributed by atoms with E-state index in [1.807, 2.05) is 0 Å². The van der Waals surface area contributed by atoms with Gasteiger partial charge in [0.25, 0.3) is 0 Å². The Kier molecular flexibility index (Phi) is 1.84. The Balaban J connectivity index is 2.89. The minimum Gasteiger partial charge on any atom is -0.507 e. The van der Waals surface area contributed by atoms with Gasteiger partial charge in [-0.3, -0.25) is 0 Å². The third-order valence-electron chi connectivity index (χ3n) is 1.69. The average molecular weight is 241 g/mol. The second-order valence-electron chi connectivity index (χ2n) is 2.60. The molecule has 1 aromatic carbocycles. The van der Waals surface area contributed by atoms with Crippen molar-refractivity contribution in [1.29, 1.82) is 0 Å². The molecular formula is C9H5BrO3. The van der Waals surface area contributed by atoms with Crippen LogP contribution in [0.25, 0.3) is 11.0 Å². The van der Waals surface area contributed by atoms with Crippen LogP contribution in [0, 0.1) is 0 Å². The third kappa shape index (κ3) is 1.45. The number of halogens is 1. The fourth-order valence-electron chi connectivity index (χ4n) is 1.08. The van der Waals surface area contributed by atoms with Crippen molar-refractivity contribution < 1.29 is 9.52 Å². The molecule has 4 heteroatoms. The third-order valence-corrected chi connectivity index (χ3v) is 2.32. The lowest BCUT2D eigenvalue weighted by molar-refractivity contribution is 0.470. The summed E-state index contributed by atoms with van der Waals surface area (Å²) in [5, 5.41) is 10.1. The quantitative estimate of drug-likeness (QED) is 0.719. The van der Waals surface area contributed by atoms with E-state index in [0.717, 1.165) is 5.39 Å². The Morgan fingerprint density at radius 2 is 2.08 bits per heavy atom. The average Bonchev–Trinajstić information content (AvgIpc) is 2.08. The molecule has 0 unspecified atom stereocenters. The highest BCUT2D eigenvalue weighted by Crippen LogP contribution is 2.28. The van der Waals surface area contributed by atoms with Crippen molar-refractivity contribution in [2.45, 2.75) is 0 Å². The van der Waals surface area contributed by atoms with Crippen molar-refractivity contribution in [3.8, 4) is 5.75 Å². The van der Waals surface area contributed by atoms with Crippen molar-refractivity contribution in [1.82, 2.24) is 0 Å². The Morgan fingerprint density at radius 1 is 1.31 bits per heavy atom. The molecule has 0 bridgehead atoms. The van der Waals surface area contributed by atoms with Gasteiger partial charge in [-0.2, -0.15) is 0 Å². The zero-order chi connectivity index (χ0) is 9.42. The second-order valence-corrected chi connectivity index (χ2v) is 3.45. The van der Waals surface area contributed by atoms with Gasteiger partial charge in [0.2, 0.25) is 0 Å². The van der Waals surface area contributed by atoms with Gasteiger partial charge in [-0.25, -0.2) is 4.79 Å². The summed E-state index contributed by atoms with van der Waals surface area (Å²) in [6, 6.07) is 6.08. The van der Waals surface area contributed by atoms with Crippen LogP contribution in [0.2, 0.25) is 0 Å². The summed E-state index contributed by atoms with van der Waals surface area (Å²) >= 11 is 3.17. The standard InChI is InChI=1S/C9H5BrO3/c10-6-3-5-1-2-9(12)13-8(5)4-7(6)11/h1-4,11H. The monoisotopic (exact) mass is 240 g/mol. The van der Waals surface area contributed by atoms with Crippen molar-refractivity contribution in [3.63, 3.8) is 0 Å². The van der Waals surface area contributed by atoms with Crippen LogP contribution in [-0.2, 0) is 0 Å². The number of benzene rings is 1. The summed E-state index contributed by atoms with van der Waals surface area (Å²) < 4.78 is 5.44. The summed E-state index contributed by atoms with van der Waals surface area (Å²) in [6.45, 7) is 0. The van der Waals surface area contributed by atoms with Crippen LogP contribution < -0.4 is 5.63 Å². The van der Waals surface area contributed by atoms with E-state index in [1.165, 1.54) is 12.1 Å². The molecule has 0 aliphatic carbocycles. The van der Waals surface area contributed by atoms with Crippen LogP contribution in [0.15, 0.2) is 37.9 Å². The van der Waals surface area contributed by atoms with Gasteiger partial charge >= 0.3 is 5.63 Å². The smallest absolute Gasteiger partial charge is 0.336 e. The highest BCUT2D eigenvalue weighted by molar-refractivity contribution is 9.10. The van der Waals surface area contributed by atoms with Crippen LogP contribution in [0.1, 0.15) is 0 Å². The second kappa shape index (κ2) is 2.88. The molecule has 0 atom stereocenters. The maximum Gasteiger partial charge on any atom is 0.336 e. The van der Waals surface area contributed by atoms with Crippen LogP contribution in [0.3, 0.4) is 0 Å². The Hall–Kier alpha value is -1.29. The number of aromatic hydroxyl groups is 1. The van der Waals surface area contributed by atoms with E-state index in [0.29, 0.717) is 10.1 Å². The molecular weight excluding hydrogens is 236 g/mol.